The molecule has 0 bridgehead atoms. The van der Waals surface area contributed by atoms with Crippen LogP contribution in [-0.4, -0.2) is 44.9 Å². The number of hydrogen-bond donors (Lipinski definition) is 3. The van der Waals surface area contributed by atoms with E-state index in [0.717, 1.165) is 0 Å². The number of aliphatic hydroxyl groups excluding tert-OH is 1. The molecule has 0 aromatic carbocycles. The maximum absolute atomic E-state index is 11.4. The van der Waals surface area contributed by atoms with Crippen molar-refractivity contribution in [1.82, 2.24) is 15.5 Å². The van der Waals surface area contributed by atoms with Crippen molar-refractivity contribution in [3.63, 3.8) is 0 Å². The Morgan fingerprint density at radius 2 is 2.12 bits per heavy atom. The summed E-state index contributed by atoms with van der Waals surface area (Å²) in [6, 6.07) is 1.27. The van der Waals surface area contributed by atoms with Crippen molar-refractivity contribution in [1.29, 1.82) is 0 Å². The highest BCUT2D eigenvalue weighted by Crippen LogP contribution is 2.02. The van der Waals surface area contributed by atoms with E-state index in [0.29, 0.717) is 0 Å². The van der Waals surface area contributed by atoms with E-state index in [4.69, 9.17) is 21.8 Å². The van der Waals surface area contributed by atoms with Gasteiger partial charge >= 0.3 is 5.97 Å². The lowest BCUT2D eigenvalue weighted by Crippen LogP contribution is -2.43. The Labute approximate surface area is 95.1 Å². The van der Waals surface area contributed by atoms with Crippen LogP contribution in [0, 0.1) is 0 Å². The molecule has 7 nitrogen and oxygen atoms in total. The summed E-state index contributed by atoms with van der Waals surface area (Å²) in [5.74, 6) is -2.08. The minimum atomic E-state index is -1.37. The van der Waals surface area contributed by atoms with Crippen LogP contribution in [0.5, 0.6) is 0 Å². The lowest BCUT2D eigenvalue weighted by atomic mass is 10.3. The van der Waals surface area contributed by atoms with Crippen molar-refractivity contribution in [2.45, 2.75) is 6.04 Å². The van der Waals surface area contributed by atoms with Crippen molar-refractivity contribution in [3.05, 3.63) is 23.0 Å². The van der Waals surface area contributed by atoms with Gasteiger partial charge in [0.1, 0.15) is 0 Å². The third-order valence-corrected chi connectivity index (χ3v) is 1.85. The Hall–Kier alpha value is -1.73. The third-order valence-electron chi connectivity index (χ3n) is 1.65. The zero-order valence-corrected chi connectivity index (χ0v) is 8.68. The molecule has 0 spiro atoms. The molecule has 0 radical (unpaired) electrons. The number of carbonyl (C=O) groups excluding carboxylic acids is 1. The van der Waals surface area contributed by atoms with E-state index < -0.39 is 24.5 Å². The number of carboxylic acids is 1. The number of aromatic nitrogens is 2. The number of amides is 1. The fourth-order valence-electron chi connectivity index (χ4n) is 0.855. The Balaban J connectivity index is 2.71. The number of rotatable bonds is 4. The molecule has 0 aliphatic heterocycles. The van der Waals surface area contributed by atoms with E-state index in [9.17, 15) is 9.59 Å². The summed E-state index contributed by atoms with van der Waals surface area (Å²) >= 11 is 5.46. The average molecular weight is 246 g/mol. The van der Waals surface area contributed by atoms with E-state index >= 15 is 0 Å². The number of nitrogens with one attached hydrogen (secondary N) is 1. The van der Waals surface area contributed by atoms with Gasteiger partial charge in [0, 0.05) is 0 Å². The van der Waals surface area contributed by atoms with Crippen LogP contribution < -0.4 is 5.32 Å². The largest absolute Gasteiger partial charge is 0.480 e. The van der Waals surface area contributed by atoms with Gasteiger partial charge in [-0.05, 0) is 12.1 Å². The molecular formula is C8H8ClN3O4. The van der Waals surface area contributed by atoms with Crippen molar-refractivity contribution in [2.75, 3.05) is 6.61 Å². The molecule has 0 aliphatic carbocycles. The fourth-order valence-corrected chi connectivity index (χ4v) is 0.956. The maximum Gasteiger partial charge on any atom is 0.328 e. The summed E-state index contributed by atoms with van der Waals surface area (Å²) in [6.07, 6.45) is 0. The fraction of sp³-hybridized carbons (Fsp3) is 0.250. The normalized spacial score (nSPS) is 11.9. The number of carboxylic acid groups (broad SMARTS) is 1. The van der Waals surface area contributed by atoms with Gasteiger partial charge in [0.2, 0.25) is 0 Å². The van der Waals surface area contributed by atoms with Gasteiger partial charge < -0.3 is 15.5 Å². The van der Waals surface area contributed by atoms with Gasteiger partial charge in [0.05, 0.1) is 6.61 Å². The molecule has 8 heteroatoms. The molecule has 0 saturated heterocycles. The number of hydrogen-bond acceptors (Lipinski definition) is 5. The topological polar surface area (TPSA) is 112 Å². The third kappa shape index (κ3) is 3.14. The summed E-state index contributed by atoms with van der Waals surface area (Å²) in [7, 11) is 0. The number of aliphatic carboxylic acids is 1. The lowest BCUT2D eigenvalue weighted by Gasteiger charge is -2.10. The zero-order valence-electron chi connectivity index (χ0n) is 7.92. The highest BCUT2D eigenvalue weighted by Gasteiger charge is 2.20. The highest BCUT2D eigenvalue weighted by molar-refractivity contribution is 6.29. The van der Waals surface area contributed by atoms with Crippen molar-refractivity contribution < 1.29 is 19.8 Å². The minimum Gasteiger partial charge on any atom is -0.480 e. The smallest absolute Gasteiger partial charge is 0.328 e. The summed E-state index contributed by atoms with van der Waals surface area (Å²) in [4.78, 5) is 21.9. The van der Waals surface area contributed by atoms with Crippen molar-refractivity contribution in [3.8, 4) is 0 Å². The Kier molecular flexibility index (Phi) is 4.15. The summed E-state index contributed by atoms with van der Waals surface area (Å²) < 4.78 is 0. The molecular weight excluding hydrogens is 238 g/mol. The Morgan fingerprint density at radius 1 is 1.44 bits per heavy atom. The lowest BCUT2D eigenvalue weighted by molar-refractivity contribution is -0.140. The van der Waals surface area contributed by atoms with Crippen LogP contribution in [-0.2, 0) is 4.79 Å². The molecule has 1 atom stereocenters. The minimum absolute atomic E-state index is 0.0795. The van der Waals surface area contributed by atoms with Crippen molar-refractivity contribution in [2.24, 2.45) is 0 Å². The van der Waals surface area contributed by atoms with Gasteiger partial charge in [-0.25, -0.2) is 4.79 Å². The number of nitrogens with zero attached hydrogens (tertiary/aromatic N) is 2. The molecule has 1 rings (SSSR count). The summed E-state index contributed by atoms with van der Waals surface area (Å²) in [6.45, 7) is -0.706. The standard InChI is InChI=1S/C8H8ClN3O4/c9-6-2-1-4(11-12-6)7(14)10-5(3-13)8(15)16/h1-2,5,13H,3H2,(H,10,14)(H,15,16)/t5-/m1/s1. The zero-order chi connectivity index (χ0) is 12.1. The molecule has 0 unspecified atom stereocenters. The van der Waals surface area contributed by atoms with E-state index in [-0.39, 0.29) is 10.8 Å². The second-order valence-corrected chi connectivity index (χ2v) is 3.18. The monoisotopic (exact) mass is 245 g/mol. The number of carbonyl (C=O) groups is 2. The van der Waals surface area contributed by atoms with Crippen LogP contribution in [0.4, 0.5) is 0 Å². The van der Waals surface area contributed by atoms with Gasteiger partial charge in [0.15, 0.2) is 16.9 Å². The molecule has 86 valence electrons. The summed E-state index contributed by atoms with van der Waals surface area (Å²) in [5.41, 5.74) is -0.0795. The first-order valence-electron chi connectivity index (χ1n) is 4.18. The van der Waals surface area contributed by atoms with Crippen LogP contribution >= 0.6 is 11.6 Å². The van der Waals surface area contributed by atoms with Gasteiger partial charge in [-0.1, -0.05) is 11.6 Å². The average Bonchev–Trinajstić information content (AvgIpc) is 2.26. The van der Waals surface area contributed by atoms with Gasteiger partial charge in [0.25, 0.3) is 5.91 Å². The van der Waals surface area contributed by atoms with E-state index in [1.54, 1.807) is 0 Å². The quantitative estimate of drug-likeness (QED) is 0.647. The van der Waals surface area contributed by atoms with Crippen LogP contribution in [0.15, 0.2) is 12.1 Å². The first-order chi connectivity index (χ1) is 7.54. The van der Waals surface area contributed by atoms with Crippen molar-refractivity contribution >= 4 is 23.5 Å². The Bertz CT molecular complexity index is 395. The predicted octanol–water partition coefficient (Wildman–Crippen LogP) is -0.695. The molecule has 0 saturated carbocycles. The SMILES string of the molecule is O=C(N[C@H](CO)C(=O)O)c1ccc(Cl)nn1. The second-order valence-electron chi connectivity index (χ2n) is 2.79. The molecule has 0 fully saturated rings. The Morgan fingerprint density at radius 3 is 2.56 bits per heavy atom. The van der Waals surface area contributed by atoms with E-state index in [2.05, 4.69) is 15.5 Å². The van der Waals surface area contributed by atoms with E-state index in [1.807, 2.05) is 0 Å². The molecule has 0 aliphatic rings. The second kappa shape index (κ2) is 5.38. The molecule has 16 heavy (non-hydrogen) atoms. The number of aliphatic hydroxyl groups is 1. The molecule has 1 aromatic heterocycles. The van der Waals surface area contributed by atoms with Crippen LogP contribution in [0.2, 0.25) is 5.15 Å². The number of halogens is 1. The van der Waals surface area contributed by atoms with Crippen LogP contribution in [0.25, 0.3) is 0 Å². The van der Waals surface area contributed by atoms with Crippen LogP contribution in [0.1, 0.15) is 10.5 Å². The molecule has 3 N–H and O–H groups in total. The van der Waals surface area contributed by atoms with Gasteiger partial charge in [-0.15, -0.1) is 10.2 Å². The summed E-state index contributed by atoms with van der Waals surface area (Å²) in [5, 5.41) is 26.3. The highest BCUT2D eigenvalue weighted by atomic mass is 35.5. The van der Waals surface area contributed by atoms with Gasteiger partial charge in [-0.2, -0.15) is 0 Å². The predicted molar refractivity (Wildman–Crippen MR) is 53.0 cm³/mol. The molecule has 1 amide bonds. The first kappa shape index (κ1) is 12.3. The molecule has 1 heterocycles. The van der Waals surface area contributed by atoms with Gasteiger partial charge in [-0.3, -0.25) is 4.79 Å². The molecule has 1 aromatic rings. The first-order valence-corrected chi connectivity index (χ1v) is 4.56. The van der Waals surface area contributed by atoms with Crippen LogP contribution in [0.3, 0.4) is 0 Å². The van der Waals surface area contributed by atoms with E-state index in [1.165, 1.54) is 12.1 Å². The maximum atomic E-state index is 11.4.